The van der Waals surface area contributed by atoms with Gasteiger partial charge in [0.2, 0.25) is 0 Å². The Kier molecular flexibility index (Phi) is 8.24. The fourth-order valence-corrected chi connectivity index (χ4v) is 3.49. The third kappa shape index (κ3) is 6.25. The van der Waals surface area contributed by atoms with Crippen LogP contribution in [0.3, 0.4) is 0 Å². The smallest absolute Gasteiger partial charge is 0.287 e. The van der Waals surface area contributed by atoms with Crippen molar-refractivity contribution in [2.45, 2.75) is 18.6 Å². The van der Waals surface area contributed by atoms with E-state index in [4.69, 9.17) is 4.42 Å². The summed E-state index contributed by atoms with van der Waals surface area (Å²) in [5.74, 6) is 2.13. The highest BCUT2D eigenvalue weighted by molar-refractivity contribution is 14.0. The predicted molar refractivity (Wildman–Crippen MR) is 106 cm³/mol. The van der Waals surface area contributed by atoms with Crippen LogP contribution in [0.5, 0.6) is 0 Å². The molecule has 6 nitrogen and oxygen atoms in total. The summed E-state index contributed by atoms with van der Waals surface area (Å²) in [6, 6.07) is 3.35. The van der Waals surface area contributed by atoms with Crippen LogP contribution >= 0.6 is 35.7 Å². The highest BCUT2D eigenvalue weighted by Crippen LogP contribution is 2.29. The maximum absolute atomic E-state index is 11.7. The first kappa shape index (κ1) is 20.1. The first-order valence-electron chi connectivity index (χ1n) is 7.43. The lowest BCUT2D eigenvalue weighted by Crippen LogP contribution is -2.51. The van der Waals surface area contributed by atoms with Gasteiger partial charge in [0.1, 0.15) is 0 Å². The van der Waals surface area contributed by atoms with Crippen LogP contribution in [0.2, 0.25) is 0 Å². The summed E-state index contributed by atoms with van der Waals surface area (Å²) in [6.07, 6.45) is 1.49. The van der Waals surface area contributed by atoms with Crippen molar-refractivity contribution in [3.8, 4) is 0 Å². The van der Waals surface area contributed by atoms with Crippen LogP contribution in [0.1, 0.15) is 24.4 Å². The molecule has 8 heteroatoms. The predicted octanol–water partition coefficient (Wildman–Crippen LogP) is 2.03. The van der Waals surface area contributed by atoms with Gasteiger partial charge in [0.05, 0.1) is 6.26 Å². The second-order valence-corrected chi connectivity index (χ2v) is 7.54. The Hall–Kier alpha value is -0.900. The van der Waals surface area contributed by atoms with Crippen molar-refractivity contribution in [1.29, 1.82) is 0 Å². The molecule has 1 aromatic heterocycles. The molecule has 2 N–H and O–H groups in total. The van der Waals surface area contributed by atoms with Crippen molar-refractivity contribution >= 4 is 47.6 Å². The maximum atomic E-state index is 11.7. The fourth-order valence-electron chi connectivity index (χ4n) is 2.37. The molecule has 1 amide bonds. The Labute approximate surface area is 158 Å². The van der Waals surface area contributed by atoms with E-state index in [1.807, 2.05) is 11.8 Å². The molecule has 0 unspecified atom stereocenters. The Bertz CT molecular complexity index is 520. The van der Waals surface area contributed by atoms with Crippen molar-refractivity contribution in [2.75, 3.05) is 39.0 Å². The van der Waals surface area contributed by atoms with E-state index in [1.165, 1.54) is 6.26 Å². The number of guanidine groups is 1. The molecule has 0 bridgehead atoms. The van der Waals surface area contributed by atoms with Crippen LogP contribution in [0.15, 0.2) is 27.8 Å². The summed E-state index contributed by atoms with van der Waals surface area (Å²) in [4.78, 5) is 18.3. The summed E-state index contributed by atoms with van der Waals surface area (Å²) >= 11 is 1.99. The quantitative estimate of drug-likeness (QED) is 0.317. The Balaban J connectivity index is 0.00000264. The van der Waals surface area contributed by atoms with Gasteiger partial charge in [0.15, 0.2) is 11.7 Å². The molecular weight excluding hydrogens is 427 g/mol. The first-order chi connectivity index (χ1) is 10.5. The van der Waals surface area contributed by atoms with Crippen molar-refractivity contribution in [3.05, 3.63) is 24.2 Å². The molecule has 1 saturated heterocycles. The number of hydrogen-bond acceptors (Lipinski definition) is 4. The molecule has 0 aromatic carbocycles. The number of carbonyl (C=O) groups excluding carboxylic acids is 1. The molecule has 130 valence electrons. The van der Waals surface area contributed by atoms with Crippen LogP contribution in [0.25, 0.3) is 0 Å². The molecule has 2 rings (SSSR count). The Morgan fingerprint density at radius 3 is 2.78 bits per heavy atom. The van der Waals surface area contributed by atoms with E-state index in [2.05, 4.69) is 34.4 Å². The van der Waals surface area contributed by atoms with Gasteiger partial charge in [-0.05, 0) is 26.0 Å². The van der Waals surface area contributed by atoms with E-state index >= 15 is 0 Å². The second-order valence-electron chi connectivity index (χ2n) is 5.74. The lowest BCUT2D eigenvalue weighted by molar-refractivity contribution is 0.0926. The largest absolute Gasteiger partial charge is 0.459 e. The zero-order chi connectivity index (χ0) is 16.0. The van der Waals surface area contributed by atoms with Gasteiger partial charge in [-0.1, -0.05) is 0 Å². The number of halogens is 1. The average Bonchev–Trinajstić information content (AvgIpc) is 3.00. The van der Waals surface area contributed by atoms with Crippen molar-refractivity contribution < 1.29 is 9.21 Å². The number of hydrogen-bond donors (Lipinski definition) is 2. The second kappa shape index (κ2) is 9.41. The first-order valence-corrected chi connectivity index (χ1v) is 8.42. The Morgan fingerprint density at radius 1 is 1.43 bits per heavy atom. The molecule has 1 aliphatic heterocycles. The summed E-state index contributed by atoms with van der Waals surface area (Å²) in [5.41, 5.74) is 0. The number of rotatable bonds is 4. The number of nitrogens with one attached hydrogen (secondary N) is 2. The van der Waals surface area contributed by atoms with E-state index in [-0.39, 0.29) is 34.6 Å². The molecule has 0 radical (unpaired) electrons. The topological polar surface area (TPSA) is 69.9 Å². The van der Waals surface area contributed by atoms with Gasteiger partial charge in [-0.25, -0.2) is 0 Å². The van der Waals surface area contributed by atoms with Gasteiger partial charge < -0.3 is 20.0 Å². The molecule has 0 spiro atoms. The zero-order valence-electron chi connectivity index (χ0n) is 13.8. The summed E-state index contributed by atoms with van der Waals surface area (Å²) in [5, 5.41) is 6.11. The van der Waals surface area contributed by atoms with E-state index < -0.39 is 0 Å². The monoisotopic (exact) mass is 452 g/mol. The molecule has 0 atom stereocenters. The number of aliphatic imine (C=N–C) groups is 1. The Morgan fingerprint density at radius 2 is 2.17 bits per heavy atom. The van der Waals surface area contributed by atoms with Crippen LogP contribution in [-0.2, 0) is 0 Å². The van der Waals surface area contributed by atoms with Crippen LogP contribution < -0.4 is 10.6 Å². The lowest BCUT2D eigenvalue weighted by Gasteiger charge is -2.39. The van der Waals surface area contributed by atoms with Crippen LogP contribution in [0.4, 0.5) is 0 Å². The maximum Gasteiger partial charge on any atom is 0.287 e. The summed E-state index contributed by atoms with van der Waals surface area (Å²) in [7, 11) is 1.79. The van der Waals surface area contributed by atoms with Crippen LogP contribution in [0, 0.1) is 0 Å². The number of carbonyl (C=O) groups is 1. The summed E-state index contributed by atoms with van der Waals surface area (Å²) in [6.45, 7) is 7.61. The van der Waals surface area contributed by atoms with Gasteiger partial charge >= 0.3 is 0 Å². The van der Waals surface area contributed by atoms with E-state index in [1.54, 1.807) is 19.2 Å². The van der Waals surface area contributed by atoms with Crippen LogP contribution in [-0.4, -0.2) is 60.5 Å². The van der Waals surface area contributed by atoms with Gasteiger partial charge in [0.25, 0.3) is 5.91 Å². The van der Waals surface area contributed by atoms with Crippen molar-refractivity contribution in [2.24, 2.45) is 4.99 Å². The molecule has 0 aliphatic carbocycles. The molecule has 2 heterocycles. The van der Waals surface area contributed by atoms with E-state index in [9.17, 15) is 4.79 Å². The molecule has 1 aromatic rings. The number of furan rings is 1. The van der Waals surface area contributed by atoms with Gasteiger partial charge in [-0.2, -0.15) is 11.8 Å². The molecule has 0 saturated carbocycles. The molecule has 1 aliphatic rings. The van der Waals surface area contributed by atoms with Gasteiger partial charge in [-0.15, -0.1) is 24.0 Å². The normalized spacial score (nSPS) is 17.3. The molecular formula is C15H25IN4O2S. The fraction of sp³-hybridized carbons (Fsp3) is 0.600. The third-order valence-electron chi connectivity index (χ3n) is 3.38. The molecule has 1 fully saturated rings. The van der Waals surface area contributed by atoms with Gasteiger partial charge in [0, 0.05) is 43.7 Å². The van der Waals surface area contributed by atoms with E-state index in [0.717, 1.165) is 24.8 Å². The standard InChI is InChI=1S/C15H24N4O2S.HI/c1-15(2)11-19(8-10-22-15)14(16-3)18-7-6-17-13(20)12-5-4-9-21-12;/h4-5,9H,6-8,10-11H2,1-3H3,(H,16,18)(H,17,20);1H. The minimum Gasteiger partial charge on any atom is -0.459 e. The zero-order valence-corrected chi connectivity index (χ0v) is 16.9. The highest BCUT2D eigenvalue weighted by Gasteiger charge is 2.28. The van der Waals surface area contributed by atoms with Crippen molar-refractivity contribution in [1.82, 2.24) is 15.5 Å². The average molecular weight is 452 g/mol. The summed E-state index contributed by atoms with van der Waals surface area (Å²) < 4.78 is 5.29. The highest BCUT2D eigenvalue weighted by atomic mass is 127. The van der Waals surface area contributed by atoms with Gasteiger partial charge in [-0.3, -0.25) is 9.79 Å². The number of amides is 1. The van der Waals surface area contributed by atoms with E-state index in [0.29, 0.717) is 18.8 Å². The molecule has 23 heavy (non-hydrogen) atoms. The number of thioether (sulfide) groups is 1. The van der Waals surface area contributed by atoms with Crippen molar-refractivity contribution in [3.63, 3.8) is 0 Å². The third-order valence-corrected chi connectivity index (χ3v) is 4.67. The lowest BCUT2D eigenvalue weighted by atomic mass is 10.2. The number of nitrogens with zero attached hydrogens (tertiary/aromatic N) is 2. The SMILES string of the molecule is CN=C(NCCNC(=O)c1ccco1)N1CCSC(C)(C)C1.I. The minimum absolute atomic E-state index is 0. The minimum atomic E-state index is -0.197.